The van der Waals surface area contributed by atoms with Crippen molar-refractivity contribution in [2.75, 3.05) is 14.2 Å². The Morgan fingerprint density at radius 3 is 2.80 bits per heavy atom. The van der Waals surface area contributed by atoms with Crippen LogP contribution in [-0.2, 0) is 9.53 Å². The molecule has 0 bridgehead atoms. The van der Waals surface area contributed by atoms with E-state index in [1.807, 2.05) is 0 Å². The number of methoxy groups -OCH3 is 1. The number of ether oxygens (including phenoxy) is 1. The fourth-order valence-corrected chi connectivity index (χ4v) is 1.55. The Balaban J connectivity index is 3.17. The van der Waals surface area contributed by atoms with E-state index in [-0.39, 0.29) is 17.0 Å². The maximum Gasteiger partial charge on any atom is 0.340 e. The Morgan fingerprint density at radius 1 is 1.60 bits per heavy atom. The Bertz CT molecular complexity index is 396. The molecule has 6 heteroatoms. The summed E-state index contributed by atoms with van der Waals surface area (Å²) in [6, 6.07) is 0. The van der Waals surface area contributed by atoms with Crippen molar-refractivity contribution in [3.05, 3.63) is 22.2 Å². The lowest BCUT2D eigenvalue weighted by atomic mass is 10.0. The standard InChI is InChI=1S/C9H10BrN3O2/c1-12-13-8-6(9(14)15-2)3-5(10)4-7(8)11/h3-4,11-12H,1-2H3/b11-7?,13-8-. The van der Waals surface area contributed by atoms with Crippen LogP contribution in [0.5, 0.6) is 0 Å². The molecule has 0 amide bonds. The van der Waals surface area contributed by atoms with Gasteiger partial charge in [0.05, 0.1) is 18.4 Å². The third-order valence-corrected chi connectivity index (χ3v) is 2.16. The van der Waals surface area contributed by atoms with E-state index in [9.17, 15) is 4.79 Å². The number of hydrogen-bond acceptors (Lipinski definition) is 5. The molecule has 0 saturated heterocycles. The number of hydrazone groups is 1. The van der Waals surface area contributed by atoms with Gasteiger partial charge in [0, 0.05) is 11.5 Å². The molecule has 1 rings (SSSR count). The van der Waals surface area contributed by atoms with E-state index >= 15 is 0 Å². The van der Waals surface area contributed by atoms with Crippen LogP contribution in [0.25, 0.3) is 0 Å². The molecule has 1 aliphatic carbocycles. The average molecular weight is 272 g/mol. The lowest BCUT2D eigenvalue weighted by molar-refractivity contribution is -0.135. The van der Waals surface area contributed by atoms with Gasteiger partial charge in [-0.2, -0.15) is 5.10 Å². The summed E-state index contributed by atoms with van der Waals surface area (Å²) < 4.78 is 5.24. The van der Waals surface area contributed by atoms with E-state index in [1.165, 1.54) is 7.11 Å². The van der Waals surface area contributed by atoms with Gasteiger partial charge in [-0.05, 0) is 12.2 Å². The highest BCUT2D eigenvalue weighted by molar-refractivity contribution is 9.11. The first-order chi connectivity index (χ1) is 7.10. The molecule has 80 valence electrons. The van der Waals surface area contributed by atoms with E-state index in [4.69, 9.17) is 5.41 Å². The van der Waals surface area contributed by atoms with Crippen LogP contribution < -0.4 is 5.43 Å². The van der Waals surface area contributed by atoms with Gasteiger partial charge in [-0.15, -0.1) is 0 Å². The molecule has 15 heavy (non-hydrogen) atoms. The fourth-order valence-electron chi connectivity index (χ4n) is 1.10. The molecule has 5 nitrogen and oxygen atoms in total. The molecule has 0 heterocycles. The summed E-state index contributed by atoms with van der Waals surface area (Å²) in [5.74, 6) is -0.515. The summed E-state index contributed by atoms with van der Waals surface area (Å²) in [4.78, 5) is 11.4. The van der Waals surface area contributed by atoms with E-state index < -0.39 is 5.97 Å². The predicted octanol–water partition coefficient (Wildman–Crippen LogP) is 0.973. The highest BCUT2D eigenvalue weighted by Crippen LogP contribution is 2.18. The second kappa shape index (κ2) is 4.88. The highest BCUT2D eigenvalue weighted by Gasteiger charge is 2.23. The molecule has 0 spiro atoms. The molecule has 1 aliphatic rings. The van der Waals surface area contributed by atoms with E-state index in [2.05, 4.69) is 31.2 Å². The third kappa shape index (κ3) is 2.53. The van der Waals surface area contributed by atoms with Crippen molar-refractivity contribution in [3.8, 4) is 0 Å². The number of hydrogen-bond donors (Lipinski definition) is 2. The molecule has 0 unspecified atom stereocenters. The average Bonchev–Trinajstić information content (AvgIpc) is 2.20. The first-order valence-electron chi connectivity index (χ1n) is 4.11. The van der Waals surface area contributed by atoms with Crippen LogP contribution in [0.1, 0.15) is 0 Å². The molecule has 2 N–H and O–H groups in total. The first-order valence-corrected chi connectivity index (χ1v) is 4.90. The zero-order chi connectivity index (χ0) is 11.4. The number of nitrogens with zero attached hydrogens (tertiary/aromatic N) is 1. The van der Waals surface area contributed by atoms with E-state index in [1.54, 1.807) is 19.2 Å². The van der Waals surface area contributed by atoms with Crippen LogP contribution in [0.4, 0.5) is 0 Å². The van der Waals surface area contributed by atoms with E-state index in [0.717, 1.165) is 0 Å². The Kier molecular flexibility index (Phi) is 3.79. The van der Waals surface area contributed by atoms with Gasteiger partial charge in [0.25, 0.3) is 0 Å². The zero-order valence-corrected chi connectivity index (χ0v) is 9.88. The zero-order valence-electron chi connectivity index (χ0n) is 8.30. The van der Waals surface area contributed by atoms with E-state index in [0.29, 0.717) is 4.48 Å². The number of rotatable bonds is 2. The SMILES string of the molecule is CN/N=C1\C(=N)C=C(Br)C=C1C(=O)OC. The number of esters is 1. The third-order valence-electron chi connectivity index (χ3n) is 1.70. The largest absolute Gasteiger partial charge is 0.465 e. The van der Waals surface area contributed by atoms with Crippen molar-refractivity contribution in [2.45, 2.75) is 0 Å². The van der Waals surface area contributed by atoms with Gasteiger partial charge in [-0.1, -0.05) is 15.9 Å². The van der Waals surface area contributed by atoms with Gasteiger partial charge in [-0.3, -0.25) is 5.41 Å². The molecule has 0 radical (unpaired) electrons. The predicted molar refractivity (Wildman–Crippen MR) is 61.3 cm³/mol. The second-order valence-corrected chi connectivity index (χ2v) is 3.59. The molecule has 0 aromatic carbocycles. The highest BCUT2D eigenvalue weighted by atomic mass is 79.9. The maximum atomic E-state index is 11.4. The van der Waals surface area contributed by atoms with Crippen molar-refractivity contribution in [1.29, 1.82) is 5.41 Å². The smallest absolute Gasteiger partial charge is 0.340 e. The van der Waals surface area contributed by atoms with Gasteiger partial charge in [-0.25, -0.2) is 4.79 Å². The number of carbonyl (C=O) groups excluding carboxylic acids is 1. The summed E-state index contributed by atoms with van der Waals surface area (Å²) in [7, 11) is 2.89. The molecule has 0 saturated carbocycles. The van der Waals surface area contributed by atoms with Crippen LogP contribution >= 0.6 is 15.9 Å². The van der Waals surface area contributed by atoms with Crippen LogP contribution in [0.3, 0.4) is 0 Å². The van der Waals surface area contributed by atoms with Crippen LogP contribution in [0, 0.1) is 5.41 Å². The molecule has 0 aliphatic heterocycles. The Labute approximate surface area is 95.5 Å². The van der Waals surface area contributed by atoms with Crippen molar-refractivity contribution < 1.29 is 9.53 Å². The summed E-state index contributed by atoms with van der Waals surface area (Å²) in [5, 5.41) is 11.5. The van der Waals surface area contributed by atoms with Crippen molar-refractivity contribution in [3.63, 3.8) is 0 Å². The van der Waals surface area contributed by atoms with Crippen molar-refractivity contribution in [1.82, 2.24) is 5.43 Å². The molecule has 0 atom stereocenters. The van der Waals surface area contributed by atoms with Crippen LogP contribution in [0.2, 0.25) is 0 Å². The number of halogens is 1. The van der Waals surface area contributed by atoms with Crippen LogP contribution in [-0.4, -0.2) is 31.6 Å². The number of carbonyl (C=O) groups is 1. The van der Waals surface area contributed by atoms with Gasteiger partial charge in [0.2, 0.25) is 0 Å². The van der Waals surface area contributed by atoms with Crippen molar-refractivity contribution >= 4 is 33.3 Å². The Morgan fingerprint density at radius 2 is 2.27 bits per heavy atom. The minimum atomic E-state index is -0.515. The first kappa shape index (κ1) is 11.6. The molecule has 0 aromatic heterocycles. The van der Waals surface area contributed by atoms with Crippen LogP contribution in [0.15, 0.2) is 27.3 Å². The molecule has 0 aromatic rings. The Hall–Kier alpha value is -1.43. The van der Waals surface area contributed by atoms with Gasteiger partial charge in [0.1, 0.15) is 5.71 Å². The minimum Gasteiger partial charge on any atom is -0.465 e. The maximum absolute atomic E-state index is 11.4. The lowest BCUT2D eigenvalue weighted by Crippen LogP contribution is -2.25. The fraction of sp³-hybridized carbons (Fsp3) is 0.222. The monoisotopic (exact) mass is 271 g/mol. The van der Waals surface area contributed by atoms with Gasteiger partial charge < -0.3 is 10.2 Å². The van der Waals surface area contributed by atoms with Crippen molar-refractivity contribution in [2.24, 2.45) is 5.10 Å². The summed E-state index contributed by atoms with van der Waals surface area (Å²) in [5.41, 5.74) is 3.22. The summed E-state index contributed by atoms with van der Waals surface area (Å²) in [6.45, 7) is 0. The quantitative estimate of drug-likeness (QED) is 0.447. The lowest BCUT2D eigenvalue weighted by Gasteiger charge is -2.12. The second-order valence-electron chi connectivity index (χ2n) is 2.68. The summed E-state index contributed by atoms with van der Waals surface area (Å²) in [6.07, 6.45) is 3.13. The normalized spacial score (nSPS) is 18.3. The molecule has 0 fully saturated rings. The summed E-state index contributed by atoms with van der Waals surface area (Å²) >= 11 is 3.21. The minimum absolute atomic E-state index is 0.152. The molecular weight excluding hydrogens is 262 g/mol. The topological polar surface area (TPSA) is 74.5 Å². The number of nitrogens with one attached hydrogen (secondary N) is 2. The van der Waals surface area contributed by atoms with Gasteiger partial charge in [0.15, 0.2) is 0 Å². The van der Waals surface area contributed by atoms with Gasteiger partial charge >= 0.3 is 5.97 Å². The number of allylic oxidation sites excluding steroid dienone is 3. The molecular formula is C9H10BrN3O2.